The minimum Gasteiger partial charge on any atom is -0.733 e. The van der Waals surface area contributed by atoms with Crippen LogP contribution < -0.4 is 5.23 Å². The molecule has 1 aromatic carbocycles. The van der Waals surface area contributed by atoms with E-state index in [1.807, 2.05) is 13.8 Å². The van der Waals surface area contributed by atoms with E-state index in [2.05, 4.69) is 0 Å². The zero-order valence-electron chi connectivity index (χ0n) is 19.3. The molecule has 0 amide bonds. The van der Waals surface area contributed by atoms with Gasteiger partial charge in [0, 0.05) is 23.7 Å². The Balaban J connectivity index is 1.74. The summed E-state index contributed by atoms with van der Waals surface area (Å²) in [6, 6.07) is 5.22. The summed E-state index contributed by atoms with van der Waals surface area (Å²) in [5.41, 5.74) is -2.96. The average Bonchev–Trinajstić information content (AvgIpc) is 3.08. The smallest absolute Gasteiger partial charge is 0.338 e. The van der Waals surface area contributed by atoms with E-state index in [-0.39, 0.29) is 35.3 Å². The number of rotatable bonds is 5. The zero-order chi connectivity index (χ0) is 24.9. The molecule has 1 aliphatic heterocycles. The number of aliphatic hydroxyl groups is 1. The molecular formula is C24H28NO9-. The van der Waals surface area contributed by atoms with Crippen molar-refractivity contribution < 1.29 is 38.9 Å². The quantitative estimate of drug-likeness (QED) is 0.371. The molecular weight excluding hydrogens is 446 g/mol. The van der Waals surface area contributed by atoms with Gasteiger partial charge in [0.1, 0.15) is 18.3 Å². The summed E-state index contributed by atoms with van der Waals surface area (Å²) in [5, 5.41) is 31.4. The van der Waals surface area contributed by atoms with Crippen LogP contribution in [-0.4, -0.2) is 53.1 Å². The highest BCUT2D eigenvalue weighted by Gasteiger charge is 2.68. The van der Waals surface area contributed by atoms with Gasteiger partial charge in [0.2, 0.25) is 0 Å². The molecule has 0 radical (unpaired) electrons. The number of esters is 3. The second kappa shape index (κ2) is 8.37. The number of hydrogen-bond acceptors (Lipinski definition) is 10. The van der Waals surface area contributed by atoms with Crippen molar-refractivity contribution in [2.75, 3.05) is 18.4 Å². The van der Waals surface area contributed by atoms with Crippen molar-refractivity contribution in [2.45, 2.75) is 51.7 Å². The largest absolute Gasteiger partial charge is 0.733 e. The van der Waals surface area contributed by atoms with Crippen LogP contribution >= 0.6 is 0 Å². The third-order valence-corrected chi connectivity index (χ3v) is 7.74. The van der Waals surface area contributed by atoms with Gasteiger partial charge >= 0.3 is 17.9 Å². The predicted molar refractivity (Wildman–Crippen MR) is 117 cm³/mol. The van der Waals surface area contributed by atoms with Crippen LogP contribution in [0.5, 0.6) is 0 Å². The van der Waals surface area contributed by atoms with Gasteiger partial charge in [-0.3, -0.25) is 10.0 Å². The number of carbonyl (C=O) groups excluding carboxylic acids is 3. The number of ether oxygens (including phenoxy) is 3. The van der Waals surface area contributed by atoms with Gasteiger partial charge in [-0.25, -0.2) is 9.59 Å². The number of anilines is 1. The van der Waals surface area contributed by atoms with Crippen LogP contribution in [0.1, 0.15) is 50.4 Å². The highest BCUT2D eigenvalue weighted by Crippen LogP contribution is 2.63. The standard InChI is InChI=1S/C24H28NO9/c1-14(26)32-12-22(2)9-4-10-23(3)19(22)18(11-17-21(28)33-13-24(17,23)29)34-20(27)15-5-7-16(8-6-15)25(30)31/h5-8,11,18-19,29-30H,4,9-10,12-13H2,1-3H3/q-1/t18-,19+,22-,23+,24-/m1/s1. The first-order chi connectivity index (χ1) is 15.9. The van der Waals surface area contributed by atoms with Gasteiger partial charge in [-0.2, -0.15) is 0 Å². The van der Waals surface area contributed by atoms with E-state index in [9.17, 15) is 24.7 Å². The predicted octanol–water partition coefficient (Wildman–Crippen LogP) is 2.51. The number of cyclic esters (lactones) is 1. The number of nitrogens with zero attached hydrogens (tertiary/aromatic N) is 1. The Bertz CT molecular complexity index is 1040. The van der Waals surface area contributed by atoms with Gasteiger partial charge in [-0.05, 0) is 43.2 Å². The van der Waals surface area contributed by atoms with E-state index < -0.39 is 46.4 Å². The van der Waals surface area contributed by atoms with E-state index in [1.165, 1.54) is 37.3 Å². The molecule has 0 bridgehead atoms. The maximum atomic E-state index is 13.0. The first kappa shape index (κ1) is 24.2. The van der Waals surface area contributed by atoms with Crippen LogP contribution in [0.2, 0.25) is 0 Å². The fourth-order valence-electron chi connectivity index (χ4n) is 6.04. The van der Waals surface area contributed by atoms with Gasteiger partial charge in [0.05, 0.1) is 23.4 Å². The molecule has 10 nitrogen and oxygen atoms in total. The van der Waals surface area contributed by atoms with Crippen molar-refractivity contribution >= 4 is 23.6 Å². The molecule has 0 spiro atoms. The van der Waals surface area contributed by atoms with Crippen molar-refractivity contribution in [3.05, 3.63) is 46.7 Å². The highest BCUT2D eigenvalue weighted by atomic mass is 16.8. The summed E-state index contributed by atoms with van der Waals surface area (Å²) in [6.45, 7) is 4.98. The SMILES string of the molecule is CC(=O)OC[C@@]1(C)CCC[C@@]2(C)[C@H]1[C@H](OC(=O)c1ccc(N([O-])O)cc1)C=C1C(=O)OC[C@@]12O. The average molecular weight is 474 g/mol. The van der Waals surface area contributed by atoms with Crippen LogP contribution in [0, 0.1) is 22.0 Å². The molecule has 2 fully saturated rings. The summed E-state index contributed by atoms with van der Waals surface area (Å²) < 4.78 is 16.5. The van der Waals surface area contributed by atoms with Crippen LogP contribution in [-0.2, 0) is 23.8 Å². The normalized spacial score (nSPS) is 34.3. The summed E-state index contributed by atoms with van der Waals surface area (Å²) in [4.78, 5) is 37.1. The van der Waals surface area contributed by atoms with Crippen molar-refractivity contribution in [1.82, 2.24) is 0 Å². The summed E-state index contributed by atoms with van der Waals surface area (Å²) in [7, 11) is 0. The Morgan fingerprint density at radius 1 is 1.24 bits per heavy atom. The summed E-state index contributed by atoms with van der Waals surface area (Å²) in [5.74, 6) is -2.29. The maximum Gasteiger partial charge on any atom is 0.338 e. The number of fused-ring (bicyclic) bond motifs is 3. The van der Waals surface area contributed by atoms with Gasteiger partial charge in [0.15, 0.2) is 0 Å². The summed E-state index contributed by atoms with van der Waals surface area (Å²) in [6.07, 6.45) is 2.47. The number of hydrogen-bond donors (Lipinski definition) is 2. The molecule has 1 saturated heterocycles. The molecule has 0 unspecified atom stereocenters. The lowest BCUT2D eigenvalue weighted by Crippen LogP contribution is -2.65. The fraction of sp³-hybridized carbons (Fsp3) is 0.542. The molecule has 184 valence electrons. The maximum absolute atomic E-state index is 13.0. The van der Waals surface area contributed by atoms with E-state index in [0.29, 0.717) is 19.3 Å². The Morgan fingerprint density at radius 3 is 2.53 bits per heavy atom. The highest BCUT2D eigenvalue weighted by molar-refractivity contribution is 5.94. The molecule has 2 N–H and O–H groups in total. The van der Waals surface area contributed by atoms with Crippen LogP contribution in [0.4, 0.5) is 5.69 Å². The lowest BCUT2D eigenvalue weighted by Gasteiger charge is -2.60. The van der Waals surface area contributed by atoms with Gasteiger partial charge < -0.3 is 29.8 Å². The molecule has 1 saturated carbocycles. The van der Waals surface area contributed by atoms with Crippen molar-refractivity contribution in [2.24, 2.45) is 16.7 Å². The third kappa shape index (κ3) is 3.75. The van der Waals surface area contributed by atoms with E-state index in [4.69, 9.17) is 19.4 Å². The molecule has 0 aromatic heterocycles. The van der Waals surface area contributed by atoms with Crippen molar-refractivity contribution in [1.29, 1.82) is 0 Å². The number of benzene rings is 1. The third-order valence-electron chi connectivity index (χ3n) is 7.74. The molecule has 10 heteroatoms. The van der Waals surface area contributed by atoms with E-state index >= 15 is 0 Å². The second-order valence-electron chi connectivity index (χ2n) is 9.89. The monoisotopic (exact) mass is 474 g/mol. The molecule has 34 heavy (non-hydrogen) atoms. The topological polar surface area (TPSA) is 146 Å². The number of carbonyl (C=O) groups is 3. The fourth-order valence-corrected chi connectivity index (χ4v) is 6.04. The van der Waals surface area contributed by atoms with E-state index in [0.717, 1.165) is 0 Å². The van der Waals surface area contributed by atoms with Gasteiger partial charge in [-0.1, -0.05) is 20.3 Å². The van der Waals surface area contributed by atoms with Crippen LogP contribution in [0.25, 0.3) is 0 Å². The lowest BCUT2D eigenvalue weighted by atomic mass is 9.46. The molecule has 5 atom stereocenters. The van der Waals surface area contributed by atoms with Gasteiger partial charge in [0.25, 0.3) is 0 Å². The first-order valence-electron chi connectivity index (χ1n) is 11.1. The molecule has 1 heterocycles. The van der Waals surface area contributed by atoms with Crippen molar-refractivity contribution in [3.63, 3.8) is 0 Å². The van der Waals surface area contributed by atoms with E-state index in [1.54, 1.807) is 0 Å². The second-order valence-corrected chi connectivity index (χ2v) is 9.89. The molecule has 2 aliphatic carbocycles. The zero-order valence-corrected chi connectivity index (χ0v) is 19.3. The first-order valence-corrected chi connectivity index (χ1v) is 11.1. The minimum atomic E-state index is -1.56. The lowest BCUT2D eigenvalue weighted by molar-refractivity contribution is -0.191. The van der Waals surface area contributed by atoms with Crippen LogP contribution in [0.3, 0.4) is 0 Å². The Kier molecular flexibility index (Phi) is 5.95. The Labute approximate surface area is 196 Å². The minimum absolute atomic E-state index is 0.0519. The summed E-state index contributed by atoms with van der Waals surface area (Å²) >= 11 is 0. The van der Waals surface area contributed by atoms with Crippen molar-refractivity contribution in [3.8, 4) is 0 Å². The molecule has 1 aromatic rings. The Morgan fingerprint density at radius 2 is 1.91 bits per heavy atom. The Hall–Kier alpha value is -2.95. The molecule has 3 aliphatic rings. The molecule has 4 rings (SSSR count). The van der Waals surface area contributed by atoms with Gasteiger partial charge in [-0.15, -0.1) is 0 Å². The van der Waals surface area contributed by atoms with Crippen LogP contribution in [0.15, 0.2) is 35.9 Å².